The van der Waals surface area contributed by atoms with Crippen LogP contribution in [0.5, 0.6) is 0 Å². The molecule has 0 bridgehead atoms. The largest absolute Gasteiger partial charge is 0.206 e. The molecular formula is C7H6FN. The molecule has 0 unspecified atom stereocenters. The minimum atomic E-state index is -0.632. The smallest absolute Gasteiger partial charge is 0.140 e. The van der Waals surface area contributed by atoms with Crippen LogP contribution in [0.25, 0.3) is 0 Å². The van der Waals surface area contributed by atoms with Gasteiger partial charge in [-0.25, -0.2) is 4.39 Å². The van der Waals surface area contributed by atoms with E-state index in [0.717, 1.165) is 12.2 Å². The number of hydrogen-bond donors (Lipinski definition) is 0. The molecule has 0 saturated heterocycles. The number of allylic oxidation sites excluding steroid dienone is 4. The summed E-state index contributed by atoms with van der Waals surface area (Å²) < 4.78 is 12.3. The molecule has 0 aromatic carbocycles. The first kappa shape index (κ1) is 7.64. The van der Waals surface area contributed by atoms with Crippen LogP contribution in [0.2, 0.25) is 0 Å². The molecule has 0 spiro atoms. The van der Waals surface area contributed by atoms with Crippen LogP contribution in [0.4, 0.5) is 4.39 Å². The molecule has 0 saturated carbocycles. The fraction of sp³-hybridized carbons (Fsp3) is 0. The second-order valence-corrected chi connectivity index (χ2v) is 1.28. The number of nitrogens with zero attached hydrogens (tertiary/aromatic N) is 1. The Morgan fingerprint density at radius 1 is 1.44 bits per heavy atom. The van der Waals surface area contributed by atoms with E-state index in [-0.39, 0.29) is 5.57 Å². The molecule has 0 radical (unpaired) electrons. The summed E-state index contributed by atoms with van der Waals surface area (Å²) >= 11 is 0. The van der Waals surface area contributed by atoms with Crippen LogP contribution in [0.1, 0.15) is 0 Å². The zero-order valence-corrected chi connectivity index (χ0v) is 4.89. The highest BCUT2D eigenvalue weighted by Gasteiger charge is 1.94. The number of rotatable bonds is 2. The quantitative estimate of drug-likeness (QED) is 0.407. The standard InChI is InChI=1S/C7H6FN/c1-3-6(5-9)7(8)4-2/h3-4H,1-2H2/b7-6-. The topological polar surface area (TPSA) is 23.8 Å². The van der Waals surface area contributed by atoms with Gasteiger partial charge in [-0.05, 0) is 12.2 Å². The molecule has 0 aliphatic rings. The van der Waals surface area contributed by atoms with Gasteiger partial charge in [0.05, 0.1) is 5.57 Å². The zero-order chi connectivity index (χ0) is 7.28. The molecule has 0 fully saturated rings. The van der Waals surface area contributed by atoms with E-state index < -0.39 is 5.83 Å². The molecule has 0 aliphatic carbocycles. The summed E-state index contributed by atoms with van der Waals surface area (Å²) in [7, 11) is 0. The Hall–Kier alpha value is -1.36. The minimum absolute atomic E-state index is 0.0787. The molecule has 46 valence electrons. The predicted octanol–water partition coefficient (Wildman–Crippen LogP) is 2.11. The zero-order valence-electron chi connectivity index (χ0n) is 4.89. The van der Waals surface area contributed by atoms with Crippen molar-refractivity contribution in [2.75, 3.05) is 0 Å². The van der Waals surface area contributed by atoms with E-state index in [1.165, 1.54) is 0 Å². The maximum absolute atomic E-state index is 12.3. The third kappa shape index (κ3) is 1.92. The summed E-state index contributed by atoms with van der Waals surface area (Å²) in [6, 6.07) is 1.62. The van der Waals surface area contributed by atoms with Crippen molar-refractivity contribution >= 4 is 0 Å². The molecule has 0 heterocycles. The van der Waals surface area contributed by atoms with Crippen molar-refractivity contribution in [3.8, 4) is 6.07 Å². The summed E-state index contributed by atoms with van der Waals surface area (Å²) in [4.78, 5) is 0. The van der Waals surface area contributed by atoms with Crippen LogP contribution in [0.15, 0.2) is 36.7 Å². The Morgan fingerprint density at radius 3 is 2.11 bits per heavy atom. The highest BCUT2D eigenvalue weighted by atomic mass is 19.1. The molecular weight excluding hydrogens is 117 g/mol. The maximum Gasteiger partial charge on any atom is 0.140 e. The summed E-state index contributed by atoms with van der Waals surface area (Å²) in [6.45, 7) is 6.38. The van der Waals surface area contributed by atoms with Crippen molar-refractivity contribution in [3.63, 3.8) is 0 Å². The van der Waals surface area contributed by atoms with E-state index in [0.29, 0.717) is 0 Å². The fourth-order valence-corrected chi connectivity index (χ4v) is 0.307. The summed E-state index contributed by atoms with van der Waals surface area (Å²) in [5, 5.41) is 8.16. The average molecular weight is 123 g/mol. The normalized spacial score (nSPS) is 11.1. The van der Waals surface area contributed by atoms with Crippen molar-refractivity contribution in [2.45, 2.75) is 0 Å². The lowest BCUT2D eigenvalue weighted by Gasteiger charge is -1.84. The van der Waals surface area contributed by atoms with E-state index in [1.807, 2.05) is 0 Å². The van der Waals surface area contributed by atoms with Gasteiger partial charge in [-0.15, -0.1) is 0 Å². The van der Waals surface area contributed by atoms with E-state index >= 15 is 0 Å². The first-order chi connectivity index (χ1) is 4.26. The summed E-state index contributed by atoms with van der Waals surface area (Å²) in [5.41, 5.74) is -0.0787. The molecule has 0 aromatic heterocycles. The lowest BCUT2D eigenvalue weighted by molar-refractivity contribution is 0.663. The first-order valence-electron chi connectivity index (χ1n) is 2.31. The van der Waals surface area contributed by atoms with Crippen molar-refractivity contribution in [1.29, 1.82) is 5.26 Å². The van der Waals surface area contributed by atoms with Crippen molar-refractivity contribution < 1.29 is 4.39 Å². The van der Waals surface area contributed by atoms with Gasteiger partial charge in [-0.3, -0.25) is 0 Å². The number of nitriles is 1. The Morgan fingerprint density at radius 2 is 2.00 bits per heavy atom. The maximum atomic E-state index is 12.3. The molecule has 0 aliphatic heterocycles. The van der Waals surface area contributed by atoms with Crippen LogP contribution in [-0.4, -0.2) is 0 Å². The Kier molecular flexibility index (Phi) is 3.07. The average Bonchev–Trinajstić information content (AvgIpc) is 1.90. The first-order valence-corrected chi connectivity index (χ1v) is 2.31. The molecule has 0 N–H and O–H groups in total. The summed E-state index contributed by atoms with van der Waals surface area (Å²) in [5.74, 6) is -0.632. The SMILES string of the molecule is C=C/C(F)=C(/C#N)C=C. The lowest BCUT2D eigenvalue weighted by Crippen LogP contribution is -1.73. The molecule has 0 rings (SSSR count). The highest BCUT2D eigenvalue weighted by molar-refractivity contribution is 5.37. The number of halogens is 1. The number of hydrogen-bond acceptors (Lipinski definition) is 1. The Labute approximate surface area is 53.4 Å². The van der Waals surface area contributed by atoms with Crippen molar-refractivity contribution in [3.05, 3.63) is 36.7 Å². The molecule has 0 atom stereocenters. The molecule has 0 amide bonds. The molecule has 1 nitrogen and oxygen atoms in total. The van der Waals surface area contributed by atoms with E-state index in [1.54, 1.807) is 6.07 Å². The van der Waals surface area contributed by atoms with Crippen LogP contribution in [0, 0.1) is 11.3 Å². The van der Waals surface area contributed by atoms with Gasteiger partial charge >= 0.3 is 0 Å². The van der Waals surface area contributed by atoms with Gasteiger partial charge in [-0.1, -0.05) is 13.2 Å². The molecule has 0 aromatic rings. The van der Waals surface area contributed by atoms with E-state index in [2.05, 4.69) is 13.2 Å². The van der Waals surface area contributed by atoms with Crippen LogP contribution in [0.3, 0.4) is 0 Å². The van der Waals surface area contributed by atoms with Crippen LogP contribution in [-0.2, 0) is 0 Å². The second-order valence-electron chi connectivity index (χ2n) is 1.28. The van der Waals surface area contributed by atoms with Crippen LogP contribution >= 0.6 is 0 Å². The van der Waals surface area contributed by atoms with Crippen LogP contribution < -0.4 is 0 Å². The predicted molar refractivity (Wildman–Crippen MR) is 34.1 cm³/mol. The van der Waals surface area contributed by atoms with Crippen molar-refractivity contribution in [2.24, 2.45) is 0 Å². The molecule has 2 heteroatoms. The van der Waals surface area contributed by atoms with Gasteiger partial charge < -0.3 is 0 Å². The van der Waals surface area contributed by atoms with Crippen molar-refractivity contribution in [1.82, 2.24) is 0 Å². The monoisotopic (exact) mass is 123 g/mol. The van der Waals surface area contributed by atoms with Gasteiger partial charge in [0.1, 0.15) is 11.9 Å². The lowest BCUT2D eigenvalue weighted by atomic mass is 10.2. The molecule has 9 heavy (non-hydrogen) atoms. The highest BCUT2D eigenvalue weighted by Crippen LogP contribution is 2.05. The van der Waals surface area contributed by atoms with Gasteiger partial charge in [0.2, 0.25) is 0 Å². The summed E-state index contributed by atoms with van der Waals surface area (Å²) in [6.07, 6.45) is 2.12. The Balaban J connectivity index is 4.63. The van der Waals surface area contributed by atoms with Gasteiger partial charge in [0.15, 0.2) is 0 Å². The Bertz CT molecular complexity index is 195. The van der Waals surface area contributed by atoms with Gasteiger partial charge in [0.25, 0.3) is 0 Å². The van der Waals surface area contributed by atoms with E-state index in [4.69, 9.17) is 5.26 Å². The fourth-order valence-electron chi connectivity index (χ4n) is 0.307. The van der Waals surface area contributed by atoms with E-state index in [9.17, 15) is 4.39 Å². The third-order valence-electron chi connectivity index (χ3n) is 0.761. The van der Waals surface area contributed by atoms with Gasteiger partial charge in [0, 0.05) is 0 Å². The minimum Gasteiger partial charge on any atom is -0.206 e. The second kappa shape index (κ2) is 3.62. The third-order valence-corrected chi connectivity index (χ3v) is 0.761. The van der Waals surface area contributed by atoms with Gasteiger partial charge in [-0.2, -0.15) is 5.26 Å².